The zero-order chi connectivity index (χ0) is 14.5. The quantitative estimate of drug-likeness (QED) is 0.907. The standard InChI is InChI=1S/C16H17F2NO/c1-19(10-12-7-8-14(17)15(18)9-12)11-16(20)13-5-3-2-4-6-13/h2-9,16,20H,10-11H2,1H3/t16-/m0/s1. The van der Waals surface area contributed by atoms with Gasteiger partial charge < -0.3 is 5.11 Å². The molecule has 4 heteroatoms. The van der Waals surface area contributed by atoms with Crippen LogP contribution in [0.5, 0.6) is 0 Å². The average Bonchev–Trinajstić information content (AvgIpc) is 2.44. The first-order valence-electron chi connectivity index (χ1n) is 6.42. The summed E-state index contributed by atoms with van der Waals surface area (Å²) in [5.41, 5.74) is 1.51. The molecule has 0 saturated carbocycles. The molecular formula is C16H17F2NO. The largest absolute Gasteiger partial charge is 0.387 e. The Balaban J connectivity index is 1.95. The molecule has 2 aromatic rings. The maximum atomic E-state index is 13.1. The second kappa shape index (κ2) is 6.59. The molecule has 20 heavy (non-hydrogen) atoms. The molecule has 0 aliphatic rings. The summed E-state index contributed by atoms with van der Waals surface area (Å²) < 4.78 is 26.0. The average molecular weight is 277 g/mol. The van der Waals surface area contributed by atoms with Crippen LogP contribution in [0.2, 0.25) is 0 Å². The van der Waals surface area contributed by atoms with Crippen LogP contribution >= 0.6 is 0 Å². The molecule has 1 N–H and O–H groups in total. The topological polar surface area (TPSA) is 23.5 Å². The fourth-order valence-electron chi connectivity index (χ4n) is 2.09. The molecule has 2 aromatic carbocycles. The Hall–Kier alpha value is -1.78. The van der Waals surface area contributed by atoms with E-state index in [1.165, 1.54) is 6.07 Å². The van der Waals surface area contributed by atoms with Crippen LogP contribution in [0.3, 0.4) is 0 Å². The van der Waals surface area contributed by atoms with Gasteiger partial charge in [-0.05, 0) is 30.3 Å². The van der Waals surface area contributed by atoms with Crippen molar-refractivity contribution in [3.05, 3.63) is 71.3 Å². The minimum Gasteiger partial charge on any atom is -0.387 e. The highest BCUT2D eigenvalue weighted by atomic mass is 19.2. The summed E-state index contributed by atoms with van der Waals surface area (Å²) >= 11 is 0. The smallest absolute Gasteiger partial charge is 0.159 e. The molecule has 0 aromatic heterocycles. The Morgan fingerprint density at radius 1 is 1.05 bits per heavy atom. The molecule has 0 fully saturated rings. The van der Waals surface area contributed by atoms with E-state index < -0.39 is 17.7 Å². The fourth-order valence-corrected chi connectivity index (χ4v) is 2.09. The number of hydrogen-bond donors (Lipinski definition) is 1. The molecule has 106 valence electrons. The Kier molecular flexibility index (Phi) is 4.82. The zero-order valence-corrected chi connectivity index (χ0v) is 11.3. The Morgan fingerprint density at radius 2 is 1.75 bits per heavy atom. The summed E-state index contributed by atoms with van der Waals surface area (Å²) in [7, 11) is 1.83. The van der Waals surface area contributed by atoms with Crippen molar-refractivity contribution in [3.8, 4) is 0 Å². The van der Waals surface area contributed by atoms with Crippen LogP contribution in [0, 0.1) is 11.6 Å². The molecule has 0 aliphatic carbocycles. The highest BCUT2D eigenvalue weighted by Gasteiger charge is 2.11. The van der Waals surface area contributed by atoms with Crippen LogP contribution in [-0.4, -0.2) is 23.6 Å². The minimum absolute atomic E-state index is 0.420. The lowest BCUT2D eigenvalue weighted by Gasteiger charge is -2.21. The summed E-state index contributed by atoms with van der Waals surface area (Å²) in [6.45, 7) is 0.865. The molecule has 0 radical (unpaired) electrons. The minimum atomic E-state index is -0.848. The number of likely N-dealkylation sites (N-methyl/N-ethyl adjacent to an activating group) is 1. The molecule has 0 amide bonds. The van der Waals surface area contributed by atoms with Gasteiger partial charge in [-0.15, -0.1) is 0 Å². The van der Waals surface area contributed by atoms with E-state index in [0.29, 0.717) is 18.7 Å². The zero-order valence-electron chi connectivity index (χ0n) is 11.3. The van der Waals surface area contributed by atoms with Gasteiger partial charge in [0, 0.05) is 13.1 Å². The maximum absolute atomic E-state index is 13.1. The van der Waals surface area contributed by atoms with Crippen molar-refractivity contribution in [3.63, 3.8) is 0 Å². The third-order valence-corrected chi connectivity index (χ3v) is 3.11. The number of aliphatic hydroxyl groups is 1. The molecule has 0 bridgehead atoms. The number of nitrogens with zero attached hydrogens (tertiary/aromatic N) is 1. The number of aliphatic hydroxyl groups excluding tert-OH is 1. The van der Waals surface area contributed by atoms with Crippen LogP contribution in [0.25, 0.3) is 0 Å². The highest BCUT2D eigenvalue weighted by Crippen LogP contribution is 2.15. The Labute approximate surface area is 117 Å². The lowest BCUT2D eigenvalue weighted by atomic mass is 10.1. The Bertz CT molecular complexity index is 560. The van der Waals surface area contributed by atoms with Gasteiger partial charge in [0.2, 0.25) is 0 Å². The molecule has 0 heterocycles. The van der Waals surface area contributed by atoms with Crippen molar-refractivity contribution < 1.29 is 13.9 Å². The lowest BCUT2D eigenvalue weighted by molar-refractivity contribution is 0.124. The van der Waals surface area contributed by atoms with Crippen LogP contribution in [0.1, 0.15) is 17.2 Å². The monoisotopic (exact) mass is 277 g/mol. The number of rotatable bonds is 5. The third kappa shape index (κ3) is 3.85. The van der Waals surface area contributed by atoms with Gasteiger partial charge in [-0.2, -0.15) is 0 Å². The van der Waals surface area contributed by atoms with Gasteiger partial charge in [0.25, 0.3) is 0 Å². The summed E-state index contributed by atoms with van der Waals surface area (Å²) in [5.74, 6) is -1.69. The summed E-state index contributed by atoms with van der Waals surface area (Å²) in [6, 6.07) is 13.2. The van der Waals surface area contributed by atoms with Gasteiger partial charge in [0.1, 0.15) is 0 Å². The number of hydrogen-bond acceptors (Lipinski definition) is 2. The first kappa shape index (κ1) is 14.6. The van der Waals surface area contributed by atoms with Crippen molar-refractivity contribution in [2.75, 3.05) is 13.6 Å². The molecule has 1 atom stereocenters. The van der Waals surface area contributed by atoms with E-state index >= 15 is 0 Å². The van der Waals surface area contributed by atoms with E-state index in [1.807, 2.05) is 42.3 Å². The lowest BCUT2D eigenvalue weighted by Crippen LogP contribution is -2.24. The van der Waals surface area contributed by atoms with Crippen molar-refractivity contribution in [2.45, 2.75) is 12.6 Å². The predicted molar refractivity (Wildman–Crippen MR) is 74.1 cm³/mol. The summed E-state index contributed by atoms with van der Waals surface area (Å²) in [4.78, 5) is 1.87. The van der Waals surface area contributed by atoms with E-state index in [2.05, 4.69) is 0 Å². The Morgan fingerprint density at radius 3 is 2.40 bits per heavy atom. The van der Waals surface area contributed by atoms with Crippen molar-refractivity contribution in [1.82, 2.24) is 4.90 Å². The fraction of sp³-hybridized carbons (Fsp3) is 0.250. The van der Waals surface area contributed by atoms with Gasteiger partial charge in [-0.25, -0.2) is 8.78 Å². The van der Waals surface area contributed by atoms with Crippen LogP contribution in [0.15, 0.2) is 48.5 Å². The predicted octanol–water partition coefficient (Wildman–Crippen LogP) is 3.13. The van der Waals surface area contributed by atoms with Gasteiger partial charge in [0.15, 0.2) is 11.6 Å². The molecule has 0 aliphatic heterocycles. The number of halogens is 2. The van der Waals surface area contributed by atoms with Crippen LogP contribution in [-0.2, 0) is 6.54 Å². The van der Waals surface area contributed by atoms with Gasteiger partial charge >= 0.3 is 0 Å². The SMILES string of the molecule is CN(Cc1ccc(F)c(F)c1)C[C@H](O)c1ccccc1. The van der Waals surface area contributed by atoms with E-state index in [1.54, 1.807) is 6.07 Å². The third-order valence-electron chi connectivity index (χ3n) is 3.11. The molecule has 2 rings (SSSR count). The molecule has 0 unspecified atom stereocenters. The molecular weight excluding hydrogens is 260 g/mol. The molecule has 2 nitrogen and oxygen atoms in total. The van der Waals surface area contributed by atoms with Crippen molar-refractivity contribution >= 4 is 0 Å². The summed E-state index contributed by atoms with van der Waals surface area (Å²) in [5, 5.41) is 10.1. The van der Waals surface area contributed by atoms with Crippen LogP contribution in [0.4, 0.5) is 8.78 Å². The second-order valence-corrected chi connectivity index (χ2v) is 4.87. The maximum Gasteiger partial charge on any atom is 0.159 e. The van der Waals surface area contributed by atoms with E-state index in [-0.39, 0.29) is 0 Å². The van der Waals surface area contributed by atoms with Gasteiger partial charge in [-0.3, -0.25) is 4.90 Å². The molecule has 0 saturated heterocycles. The van der Waals surface area contributed by atoms with Crippen LogP contribution < -0.4 is 0 Å². The van der Waals surface area contributed by atoms with E-state index in [0.717, 1.165) is 11.6 Å². The van der Waals surface area contributed by atoms with E-state index in [9.17, 15) is 13.9 Å². The normalized spacial score (nSPS) is 12.7. The van der Waals surface area contributed by atoms with Gasteiger partial charge in [0.05, 0.1) is 6.10 Å². The first-order chi connectivity index (χ1) is 9.56. The highest BCUT2D eigenvalue weighted by molar-refractivity contribution is 5.19. The first-order valence-corrected chi connectivity index (χ1v) is 6.42. The van der Waals surface area contributed by atoms with Crippen molar-refractivity contribution in [1.29, 1.82) is 0 Å². The van der Waals surface area contributed by atoms with Crippen molar-refractivity contribution in [2.24, 2.45) is 0 Å². The second-order valence-electron chi connectivity index (χ2n) is 4.87. The summed E-state index contributed by atoms with van der Waals surface area (Å²) in [6.07, 6.45) is -0.605. The number of benzene rings is 2. The molecule has 0 spiro atoms. The van der Waals surface area contributed by atoms with E-state index in [4.69, 9.17) is 0 Å². The van der Waals surface area contributed by atoms with Gasteiger partial charge in [-0.1, -0.05) is 36.4 Å².